The van der Waals surface area contributed by atoms with E-state index in [1.165, 1.54) is 11.9 Å². The van der Waals surface area contributed by atoms with Crippen LogP contribution in [0.2, 0.25) is 0 Å². The second kappa shape index (κ2) is 7.40. The second-order valence-corrected chi connectivity index (χ2v) is 6.06. The molecule has 2 heterocycles. The third kappa shape index (κ3) is 3.71. The quantitative estimate of drug-likeness (QED) is 0.858. The Morgan fingerprint density at radius 3 is 2.79 bits per heavy atom. The Labute approximate surface area is 142 Å². The normalized spacial score (nSPS) is 18.4. The van der Waals surface area contributed by atoms with Gasteiger partial charge in [0.05, 0.1) is 12.7 Å². The number of aromatic nitrogens is 2. The Balaban J connectivity index is 1.61. The van der Waals surface area contributed by atoms with Gasteiger partial charge in [0.1, 0.15) is 12.1 Å². The third-order valence-electron chi connectivity index (χ3n) is 4.32. The fraction of sp³-hybridized carbons (Fsp3) is 0.389. The van der Waals surface area contributed by atoms with Gasteiger partial charge in [0.25, 0.3) is 5.91 Å². The van der Waals surface area contributed by atoms with E-state index < -0.39 is 0 Å². The minimum Gasteiger partial charge on any atom is -0.497 e. The van der Waals surface area contributed by atoms with Crippen LogP contribution in [0.4, 0.5) is 0 Å². The molecular formula is C18H22N4O2. The van der Waals surface area contributed by atoms with Gasteiger partial charge in [-0.1, -0.05) is 12.1 Å². The predicted octanol–water partition coefficient (Wildman–Crippen LogP) is 1.83. The van der Waals surface area contributed by atoms with Gasteiger partial charge in [-0.2, -0.15) is 0 Å². The van der Waals surface area contributed by atoms with Crippen molar-refractivity contribution in [3.05, 3.63) is 54.1 Å². The van der Waals surface area contributed by atoms with Crippen molar-refractivity contribution in [2.24, 2.45) is 0 Å². The largest absolute Gasteiger partial charge is 0.497 e. The topological polar surface area (TPSA) is 58.6 Å². The summed E-state index contributed by atoms with van der Waals surface area (Å²) in [4.78, 5) is 24.7. The first kappa shape index (κ1) is 16.4. The van der Waals surface area contributed by atoms with E-state index in [4.69, 9.17) is 4.74 Å². The number of ether oxygens (including phenoxy) is 1. The smallest absolute Gasteiger partial charge is 0.257 e. The minimum atomic E-state index is 0.00382. The van der Waals surface area contributed by atoms with Crippen LogP contribution in [0.25, 0.3) is 0 Å². The average Bonchev–Trinajstić information content (AvgIpc) is 2.62. The number of amides is 1. The Morgan fingerprint density at radius 2 is 2.08 bits per heavy atom. The molecule has 6 heteroatoms. The summed E-state index contributed by atoms with van der Waals surface area (Å²) in [5, 5.41) is 0. The molecule has 2 aromatic rings. The van der Waals surface area contributed by atoms with Crippen molar-refractivity contribution in [2.45, 2.75) is 19.5 Å². The summed E-state index contributed by atoms with van der Waals surface area (Å²) in [6.45, 7) is 5.34. The van der Waals surface area contributed by atoms with Crippen molar-refractivity contribution < 1.29 is 9.53 Å². The molecule has 6 nitrogen and oxygen atoms in total. The Bertz CT molecular complexity index is 692. The highest BCUT2D eigenvalue weighted by molar-refractivity contribution is 5.93. The van der Waals surface area contributed by atoms with E-state index >= 15 is 0 Å². The molecule has 0 aliphatic carbocycles. The first-order valence-electron chi connectivity index (χ1n) is 8.08. The van der Waals surface area contributed by atoms with Gasteiger partial charge in [0, 0.05) is 44.6 Å². The van der Waals surface area contributed by atoms with Gasteiger partial charge in [-0.05, 0) is 24.6 Å². The molecule has 1 aliphatic heterocycles. The molecule has 1 aliphatic rings. The van der Waals surface area contributed by atoms with Gasteiger partial charge in [-0.3, -0.25) is 9.69 Å². The summed E-state index contributed by atoms with van der Waals surface area (Å²) >= 11 is 0. The van der Waals surface area contributed by atoms with Crippen molar-refractivity contribution in [3.8, 4) is 5.75 Å². The van der Waals surface area contributed by atoms with E-state index in [2.05, 4.69) is 33.9 Å². The Kier molecular flexibility index (Phi) is 5.05. The van der Waals surface area contributed by atoms with Crippen molar-refractivity contribution in [1.82, 2.24) is 19.8 Å². The molecular weight excluding hydrogens is 304 g/mol. The number of nitrogens with zero attached hydrogens (tertiary/aromatic N) is 4. The fourth-order valence-corrected chi connectivity index (χ4v) is 3.08. The molecule has 1 fully saturated rings. The van der Waals surface area contributed by atoms with Gasteiger partial charge >= 0.3 is 0 Å². The average molecular weight is 326 g/mol. The zero-order chi connectivity index (χ0) is 16.9. The van der Waals surface area contributed by atoms with Crippen molar-refractivity contribution in [1.29, 1.82) is 0 Å². The fourth-order valence-electron chi connectivity index (χ4n) is 3.08. The number of hydrogen-bond acceptors (Lipinski definition) is 5. The standard InChI is InChI=1S/C18H22N4O2/c1-14-11-21(12-15-4-3-5-17(8-15)24-2)6-7-22(14)18(23)16-9-19-13-20-10-16/h3-5,8-10,13-14H,6-7,11-12H2,1-2H3/t14-/m0/s1. The van der Waals surface area contributed by atoms with Crippen LogP contribution in [-0.4, -0.2) is 58.5 Å². The van der Waals surface area contributed by atoms with E-state index in [9.17, 15) is 4.79 Å². The summed E-state index contributed by atoms with van der Waals surface area (Å²) in [6, 6.07) is 8.27. The first-order chi connectivity index (χ1) is 11.7. The molecule has 0 bridgehead atoms. The first-order valence-corrected chi connectivity index (χ1v) is 8.08. The molecule has 1 saturated heterocycles. The van der Waals surface area contributed by atoms with Crippen LogP contribution < -0.4 is 4.74 Å². The van der Waals surface area contributed by atoms with Gasteiger partial charge < -0.3 is 9.64 Å². The molecule has 126 valence electrons. The maximum Gasteiger partial charge on any atom is 0.257 e. The zero-order valence-corrected chi connectivity index (χ0v) is 14.1. The molecule has 0 radical (unpaired) electrons. The Hall–Kier alpha value is -2.47. The number of hydrogen-bond donors (Lipinski definition) is 0. The maximum absolute atomic E-state index is 12.6. The lowest BCUT2D eigenvalue weighted by molar-refractivity contribution is 0.0474. The van der Waals surface area contributed by atoms with Gasteiger partial charge in [-0.15, -0.1) is 0 Å². The van der Waals surface area contributed by atoms with E-state index in [-0.39, 0.29) is 11.9 Å². The van der Waals surface area contributed by atoms with Crippen molar-refractivity contribution in [2.75, 3.05) is 26.7 Å². The lowest BCUT2D eigenvalue weighted by Crippen LogP contribution is -2.53. The van der Waals surface area contributed by atoms with E-state index in [1.54, 1.807) is 19.5 Å². The van der Waals surface area contributed by atoms with Crippen LogP contribution in [0.3, 0.4) is 0 Å². The summed E-state index contributed by atoms with van der Waals surface area (Å²) in [5.41, 5.74) is 1.77. The molecule has 0 unspecified atom stereocenters. The van der Waals surface area contributed by atoms with E-state index in [0.29, 0.717) is 12.1 Å². The number of rotatable bonds is 4. The van der Waals surface area contributed by atoms with Gasteiger partial charge in [0.2, 0.25) is 0 Å². The molecule has 3 rings (SSSR count). The molecule has 0 spiro atoms. The number of benzene rings is 1. The van der Waals surface area contributed by atoms with Crippen molar-refractivity contribution in [3.63, 3.8) is 0 Å². The number of carbonyl (C=O) groups is 1. The highest BCUT2D eigenvalue weighted by atomic mass is 16.5. The summed E-state index contributed by atoms with van der Waals surface area (Å²) in [5.74, 6) is 0.877. The van der Waals surface area contributed by atoms with Crippen LogP contribution in [0, 0.1) is 0 Å². The lowest BCUT2D eigenvalue weighted by Gasteiger charge is -2.39. The number of piperazine rings is 1. The number of methoxy groups -OCH3 is 1. The molecule has 0 N–H and O–H groups in total. The predicted molar refractivity (Wildman–Crippen MR) is 90.8 cm³/mol. The van der Waals surface area contributed by atoms with E-state index in [0.717, 1.165) is 25.4 Å². The third-order valence-corrected chi connectivity index (χ3v) is 4.32. The molecule has 24 heavy (non-hydrogen) atoms. The van der Waals surface area contributed by atoms with Gasteiger partial charge in [-0.25, -0.2) is 9.97 Å². The molecule has 1 aromatic heterocycles. The number of carbonyl (C=O) groups excluding carboxylic acids is 1. The molecule has 1 atom stereocenters. The summed E-state index contributed by atoms with van der Waals surface area (Å²) in [6.07, 6.45) is 4.58. The SMILES string of the molecule is COc1cccc(CN2CCN(C(=O)c3cncnc3)[C@@H](C)C2)c1. The van der Waals surface area contributed by atoms with Crippen molar-refractivity contribution >= 4 is 5.91 Å². The monoisotopic (exact) mass is 326 g/mol. The zero-order valence-electron chi connectivity index (χ0n) is 14.1. The van der Waals surface area contributed by atoms with Crippen LogP contribution in [0.5, 0.6) is 5.75 Å². The lowest BCUT2D eigenvalue weighted by atomic mass is 10.1. The van der Waals surface area contributed by atoms with Crippen LogP contribution in [0.1, 0.15) is 22.8 Å². The van der Waals surface area contributed by atoms with Crippen LogP contribution >= 0.6 is 0 Å². The summed E-state index contributed by atoms with van der Waals surface area (Å²) in [7, 11) is 1.68. The highest BCUT2D eigenvalue weighted by Crippen LogP contribution is 2.18. The van der Waals surface area contributed by atoms with Crippen LogP contribution in [0.15, 0.2) is 43.0 Å². The second-order valence-electron chi connectivity index (χ2n) is 6.06. The summed E-state index contributed by atoms with van der Waals surface area (Å²) < 4.78 is 5.28. The molecule has 0 saturated carbocycles. The highest BCUT2D eigenvalue weighted by Gasteiger charge is 2.28. The maximum atomic E-state index is 12.6. The van der Waals surface area contributed by atoms with Crippen LogP contribution in [-0.2, 0) is 6.54 Å². The van der Waals surface area contributed by atoms with E-state index in [1.807, 2.05) is 17.0 Å². The minimum absolute atomic E-state index is 0.00382. The van der Waals surface area contributed by atoms with Gasteiger partial charge in [0.15, 0.2) is 0 Å². The molecule has 1 aromatic carbocycles. The Morgan fingerprint density at radius 1 is 1.29 bits per heavy atom. The molecule has 1 amide bonds.